The average molecular weight is 229 g/mol. The van der Waals surface area contributed by atoms with Crippen molar-refractivity contribution in [3.63, 3.8) is 0 Å². The molecule has 0 aromatic carbocycles. The molecule has 0 saturated heterocycles. The van der Waals surface area contributed by atoms with Crippen LogP contribution in [-0.4, -0.2) is 23.5 Å². The Morgan fingerprint density at radius 2 is 1.75 bits per heavy atom. The van der Waals surface area contributed by atoms with E-state index in [1.54, 1.807) is 6.92 Å². The van der Waals surface area contributed by atoms with Gasteiger partial charge in [-0.3, -0.25) is 9.59 Å². The van der Waals surface area contributed by atoms with Gasteiger partial charge in [0.2, 0.25) is 5.91 Å². The fourth-order valence-corrected chi connectivity index (χ4v) is 1.01. The average Bonchev–Trinajstić information content (AvgIpc) is 2.12. The van der Waals surface area contributed by atoms with E-state index >= 15 is 0 Å². The van der Waals surface area contributed by atoms with Gasteiger partial charge in [0.15, 0.2) is 0 Å². The number of carboxylic acids is 1. The molecule has 94 valence electrons. The Morgan fingerprint density at radius 3 is 2.12 bits per heavy atom. The maximum atomic E-state index is 11.5. The van der Waals surface area contributed by atoms with E-state index in [1.165, 1.54) is 0 Å². The zero-order valence-corrected chi connectivity index (χ0v) is 10.8. The Balaban J connectivity index is 3.97. The van der Waals surface area contributed by atoms with E-state index in [0.29, 0.717) is 6.42 Å². The molecule has 1 amide bonds. The first-order valence-electron chi connectivity index (χ1n) is 5.64. The molecular weight excluding hydrogens is 206 g/mol. The highest BCUT2D eigenvalue weighted by atomic mass is 16.4. The topological polar surface area (TPSA) is 66.4 Å². The molecule has 4 nitrogen and oxygen atoms in total. The Kier molecular flexibility index (Phi) is 5.48. The zero-order chi connectivity index (χ0) is 12.9. The summed E-state index contributed by atoms with van der Waals surface area (Å²) in [6.07, 6.45) is 0.440. The third-order valence-corrected chi connectivity index (χ3v) is 3.00. The standard InChI is InChI=1S/C12H23NO3/c1-8(11(15)16)7-13-10(14)6-9(2)12(3,4)5/h8-9H,6-7H2,1-5H3,(H,13,14)(H,15,16). The van der Waals surface area contributed by atoms with Crippen LogP contribution in [0.15, 0.2) is 0 Å². The van der Waals surface area contributed by atoms with Crippen LogP contribution in [0, 0.1) is 17.3 Å². The largest absolute Gasteiger partial charge is 0.481 e. The monoisotopic (exact) mass is 229 g/mol. The molecule has 0 fully saturated rings. The molecule has 2 N–H and O–H groups in total. The summed E-state index contributed by atoms with van der Waals surface area (Å²) in [6, 6.07) is 0. The van der Waals surface area contributed by atoms with E-state index in [0.717, 1.165) is 0 Å². The van der Waals surface area contributed by atoms with Crippen LogP contribution in [0.2, 0.25) is 0 Å². The minimum atomic E-state index is -0.885. The van der Waals surface area contributed by atoms with Gasteiger partial charge in [-0.2, -0.15) is 0 Å². The van der Waals surface area contributed by atoms with E-state index in [4.69, 9.17) is 5.11 Å². The Morgan fingerprint density at radius 1 is 1.25 bits per heavy atom. The molecule has 0 saturated carbocycles. The van der Waals surface area contributed by atoms with Crippen LogP contribution >= 0.6 is 0 Å². The van der Waals surface area contributed by atoms with E-state index < -0.39 is 11.9 Å². The molecule has 0 aliphatic carbocycles. The maximum absolute atomic E-state index is 11.5. The van der Waals surface area contributed by atoms with Gasteiger partial charge in [0.1, 0.15) is 0 Å². The quantitative estimate of drug-likeness (QED) is 0.756. The van der Waals surface area contributed by atoms with Crippen molar-refractivity contribution in [2.45, 2.75) is 41.0 Å². The molecular formula is C12H23NO3. The smallest absolute Gasteiger partial charge is 0.308 e. The molecule has 0 aliphatic heterocycles. The van der Waals surface area contributed by atoms with Crippen LogP contribution in [0.25, 0.3) is 0 Å². The van der Waals surface area contributed by atoms with Gasteiger partial charge in [-0.25, -0.2) is 0 Å². The Hall–Kier alpha value is -1.06. The molecule has 0 rings (SSSR count). The normalized spacial score (nSPS) is 15.3. The van der Waals surface area contributed by atoms with E-state index in [-0.39, 0.29) is 23.8 Å². The summed E-state index contributed by atoms with van der Waals surface area (Å²) in [4.78, 5) is 22.1. The molecule has 0 aromatic heterocycles. The van der Waals surface area contributed by atoms with E-state index in [2.05, 4.69) is 26.1 Å². The third kappa shape index (κ3) is 5.73. The van der Waals surface area contributed by atoms with Crippen LogP contribution in [0.1, 0.15) is 41.0 Å². The number of carbonyl (C=O) groups excluding carboxylic acids is 1. The number of rotatable bonds is 5. The molecule has 4 heteroatoms. The first-order chi connectivity index (χ1) is 7.14. The molecule has 0 bridgehead atoms. The lowest BCUT2D eigenvalue weighted by Crippen LogP contribution is -2.34. The number of amides is 1. The van der Waals surface area contributed by atoms with Crippen molar-refractivity contribution in [1.29, 1.82) is 0 Å². The van der Waals surface area contributed by atoms with Gasteiger partial charge in [0, 0.05) is 13.0 Å². The summed E-state index contributed by atoms with van der Waals surface area (Å²) in [5.41, 5.74) is 0.0930. The second-order valence-electron chi connectivity index (χ2n) is 5.51. The van der Waals surface area contributed by atoms with Crippen LogP contribution < -0.4 is 5.32 Å². The van der Waals surface area contributed by atoms with Gasteiger partial charge in [-0.15, -0.1) is 0 Å². The first-order valence-corrected chi connectivity index (χ1v) is 5.64. The third-order valence-electron chi connectivity index (χ3n) is 3.00. The van der Waals surface area contributed by atoms with Crippen LogP contribution in [0.5, 0.6) is 0 Å². The Labute approximate surface area is 97.4 Å². The molecule has 0 heterocycles. The number of carboxylic acid groups (broad SMARTS) is 1. The zero-order valence-electron chi connectivity index (χ0n) is 10.8. The first kappa shape index (κ1) is 14.9. The predicted molar refractivity (Wildman–Crippen MR) is 63.0 cm³/mol. The van der Waals surface area contributed by atoms with E-state index in [1.807, 2.05) is 6.92 Å². The summed E-state index contributed by atoms with van der Waals surface area (Å²) in [6.45, 7) is 10.1. The van der Waals surface area contributed by atoms with Crippen molar-refractivity contribution in [1.82, 2.24) is 5.32 Å². The van der Waals surface area contributed by atoms with Gasteiger partial charge in [0.05, 0.1) is 5.92 Å². The summed E-state index contributed by atoms with van der Waals surface area (Å²) >= 11 is 0. The van der Waals surface area contributed by atoms with Gasteiger partial charge >= 0.3 is 5.97 Å². The number of nitrogens with one attached hydrogen (secondary N) is 1. The highest BCUT2D eigenvalue weighted by Crippen LogP contribution is 2.27. The second-order valence-corrected chi connectivity index (χ2v) is 5.51. The van der Waals surface area contributed by atoms with Crippen molar-refractivity contribution >= 4 is 11.9 Å². The van der Waals surface area contributed by atoms with Crippen molar-refractivity contribution in [2.75, 3.05) is 6.54 Å². The second kappa shape index (κ2) is 5.87. The van der Waals surface area contributed by atoms with Gasteiger partial charge in [0.25, 0.3) is 0 Å². The number of aliphatic carboxylic acids is 1. The molecule has 0 spiro atoms. The summed E-state index contributed by atoms with van der Waals surface area (Å²) in [5, 5.41) is 11.3. The van der Waals surface area contributed by atoms with Crippen molar-refractivity contribution in [3.05, 3.63) is 0 Å². The van der Waals surface area contributed by atoms with E-state index in [9.17, 15) is 9.59 Å². The van der Waals surface area contributed by atoms with Gasteiger partial charge < -0.3 is 10.4 Å². The molecule has 16 heavy (non-hydrogen) atoms. The fourth-order valence-electron chi connectivity index (χ4n) is 1.01. The maximum Gasteiger partial charge on any atom is 0.308 e. The van der Waals surface area contributed by atoms with Gasteiger partial charge in [-0.1, -0.05) is 34.6 Å². The SMILES string of the molecule is CC(CNC(=O)CC(C)C(C)(C)C)C(=O)O. The van der Waals surface area contributed by atoms with Crippen LogP contribution in [0.4, 0.5) is 0 Å². The lowest BCUT2D eigenvalue weighted by atomic mass is 9.80. The lowest BCUT2D eigenvalue weighted by Gasteiger charge is -2.26. The van der Waals surface area contributed by atoms with Gasteiger partial charge in [-0.05, 0) is 11.3 Å². The number of carbonyl (C=O) groups is 2. The molecule has 2 atom stereocenters. The van der Waals surface area contributed by atoms with Crippen molar-refractivity contribution in [2.24, 2.45) is 17.3 Å². The molecule has 0 radical (unpaired) electrons. The number of hydrogen-bond donors (Lipinski definition) is 2. The predicted octanol–water partition coefficient (Wildman–Crippen LogP) is 1.90. The van der Waals surface area contributed by atoms with Crippen LogP contribution in [-0.2, 0) is 9.59 Å². The van der Waals surface area contributed by atoms with Crippen LogP contribution in [0.3, 0.4) is 0 Å². The highest BCUT2D eigenvalue weighted by Gasteiger charge is 2.22. The van der Waals surface area contributed by atoms with Crippen molar-refractivity contribution in [3.8, 4) is 0 Å². The minimum absolute atomic E-state index is 0.0736. The Bertz CT molecular complexity index is 255. The summed E-state index contributed by atoms with van der Waals surface area (Å²) in [5.74, 6) is -1.22. The molecule has 0 aliphatic rings. The lowest BCUT2D eigenvalue weighted by molar-refractivity contribution is -0.141. The minimum Gasteiger partial charge on any atom is -0.481 e. The number of hydrogen-bond acceptors (Lipinski definition) is 2. The summed E-state index contributed by atoms with van der Waals surface area (Å²) < 4.78 is 0. The van der Waals surface area contributed by atoms with Crippen molar-refractivity contribution < 1.29 is 14.7 Å². The molecule has 2 unspecified atom stereocenters. The summed E-state index contributed by atoms with van der Waals surface area (Å²) in [7, 11) is 0. The molecule has 0 aromatic rings. The fraction of sp³-hybridized carbons (Fsp3) is 0.833. The highest BCUT2D eigenvalue weighted by molar-refractivity contribution is 5.77.